The summed E-state index contributed by atoms with van der Waals surface area (Å²) in [4.78, 5) is 21.6. The molecule has 0 aromatic rings. The molecule has 1 rings (SSSR count). The minimum atomic E-state index is -0.741. The van der Waals surface area contributed by atoms with Crippen molar-refractivity contribution in [3.05, 3.63) is 0 Å². The first kappa shape index (κ1) is 7.05. The van der Waals surface area contributed by atoms with Crippen LogP contribution in [0, 0.1) is 0 Å². The third kappa shape index (κ3) is 1.10. The summed E-state index contributed by atoms with van der Waals surface area (Å²) < 4.78 is 0. The van der Waals surface area contributed by atoms with Crippen LogP contribution in [0.15, 0.2) is 0 Å². The zero-order valence-electron chi connectivity index (χ0n) is 6.02. The molecule has 0 aromatic carbocycles. The Morgan fingerprint density at radius 2 is 2.00 bits per heavy atom. The van der Waals surface area contributed by atoms with E-state index in [9.17, 15) is 9.59 Å². The van der Waals surface area contributed by atoms with Gasteiger partial charge in [-0.1, -0.05) is 0 Å². The Balaban J connectivity index is 2.73. The summed E-state index contributed by atoms with van der Waals surface area (Å²) in [5.74, 6) is -0.267. The Kier molecular flexibility index (Phi) is 1.39. The van der Waals surface area contributed by atoms with Crippen LogP contribution in [0.3, 0.4) is 0 Å². The average molecular weight is 142 g/mol. The molecule has 0 aromatic heterocycles. The van der Waals surface area contributed by atoms with E-state index in [1.165, 1.54) is 0 Å². The molecule has 4 heteroatoms. The fourth-order valence-corrected chi connectivity index (χ4v) is 0.831. The van der Waals surface area contributed by atoms with Crippen LogP contribution in [0.1, 0.15) is 13.8 Å². The number of hydrogen-bond acceptors (Lipinski definition) is 2. The predicted molar refractivity (Wildman–Crippen MR) is 35.2 cm³/mol. The fourth-order valence-electron chi connectivity index (χ4n) is 0.831. The number of rotatable bonds is 0. The lowest BCUT2D eigenvalue weighted by Gasteiger charge is -2.29. The van der Waals surface area contributed by atoms with Crippen LogP contribution in [-0.2, 0) is 9.59 Å². The first-order valence-electron chi connectivity index (χ1n) is 3.12. The minimum Gasteiger partial charge on any atom is -0.345 e. The molecule has 2 N–H and O–H groups in total. The molecule has 1 aliphatic heterocycles. The van der Waals surface area contributed by atoms with Gasteiger partial charge in [-0.25, -0.2) is 0 Å². The van der Waals surface area contributed by atoms with Gasteiger partial charge in [0.25, 0.3) is 0 Å². The smallest absolute Gasteiger partial charge is 0.245 e. The lowest BCUT2D eigenvalue weighted by molar-refractivity contribution is -0.137. The molecule has 0 saturated carbocycles. The molecule has 0 atom stereocenters. The van der Waals surface area contributed by atoms with Gasteiger partial charge in [0.2, 0.25) is 11.8 Å². The Morgan fingerprint density at radius 3 is 2.40 bits per heavy atom. The molecule has 0 bridgehead atoms. The van der Waals surface area contributed by atoms with E-state index in [2.05, 4.69) is 10.6 Å². The maximum atomic E-state index is 10.9. The van der Waals surface area contributed by atoms with E-state index in [-0.39, 0.29) is 18.4 Å². The van der Waals surface area contributed by atoms with Gasteiger partial charge < -0.3 is 10.6 Å². The van der Waals surface area contributed by atoms with Crippen LogP contribution < -0.4 is 10.6 Å². The summed E-state index contributed by atoms with van der Waals surface area (Å²) in [5, 5.41) is 5.03. The first-order chi connectivity index (χ1) is 4.52. The van der Waals surface area contributed by atoms with Crippen LogP contribution in [0.5, 0.6) is 0 Å². The van der Waals surface area contributed by atoms with Crippen molar-refractivity contribution in [1.82, 2.24) is 10.6 Å². The van der Waals surface area contributed by atoms with E-state index >= 15 is 0 Å². The molecule has 0 spiro atoms. The topological polar surface area (TPSA) is 58.2 Å². The number of carbonyl (C=O) groups is 2. The zero-order valence-corrected chi connectivity index (χ0v) is 6.02. The molecule has 56 valence electrons. The van der Waals surface area contributed by atoms with Crippen molar-refractivity contribution in [1.29, 1.82) is 0 Å². The number of carbonyl (C=O) groups excluding carboxylic acids is 2. The summed E-state index contributed by atoms with van der Waals surface area (Å²) in [6.45, 7) is 3.43. The van der Waals surface area contributed by atoms with Crippen molar-refractivity contribution >= 4 is 11.8 Å². The first-order valence-corrected chi connectivity index (χ1v) is 3.12. The van der Waals surface area contributed by atoms with Crippen LogP contribution in [0.4, 0.5) is 0 Å². The number of nitrogens with one attached hydrogen (secondary N) is 2. The Hall–Kier alpha value is -1.06. The second-order valence-electron chi connectivity index (χ2n) is 2.86. The molecule has 2 amide bonds. The van der Waals surface area contributed by atoms with Gasteiger partial charge in [-0.15, -0.1) is 0 Å². The summed E-state index contributed by atoms with van der Waals surface area (Å²) in [6.07, 6.45) is 0. The quantitative estimate of drug-likeness (QED) is 0.456. The molecule has 1 heterocycles. The number of amides is 2. The highest BCUT2D eigenvalue weighted by Crippen LogP contribution is 2.04. The van der Waals surface area contributed by atoms with E-state index in [0.29, 0.717) is 0 Å². The normalized spacial score (nSPS) is 23.4. The highest BCUT2D eigenvalue weighted by atomic mass is 16.2. The van der Waals surface area contributed by atoms with Gasteiger partial charge in [0.15, 0.2) is 0 Å². The van der Waals surface area contributed by atoms with Crippen LogP contribution in [0.2, 0.25) is 0 Å². The van der Waals surface area contributed by atoms with Crippen LogP contribution in [0.25, 0.3) is 0 Å². The molecule has 4 nitrogen and oxygen atoms in total. The maximum Gasteiger partial charge on any atom is 0.245 e. The van der Waals surface area contributed by atoms with E-state index in [1.807, 2.05) is 0 Å². The van der Waals surface area contributed by atoms with Crippen molar-refractivity contribution in [2.45, 2.75) is 19.4 Å². The largest absolute Gasteiger partial charge is 0.345 e. The SMILES string of the molecule is CC1(C)NC(=O)CNC1=O. The summed E-state index contributed by atoms with van der Waals surface area (Å²) in [5.41, 5.74) is -0.741. The standard InChI is InChI=1S/C6H10N2O2/c1-6(2)5(10)7-3-4(9)8-6/h3H2,1-2H3,(H,7,10)(H,8,9). The van der Waals surface area contributed by atoms with Crippen molar-refractivity contribution in [2.75, 3.05) is 6.54 Å². The molecule has 1 saturated heterocycles. The van der Waals surface area contributed by atoms with Gasteiger partial charge in [-0.3, -0.25) is 9.59 Å². The Morgan fingerprint density at radius 1 is 1.40 bits per heavy atom. The monoisotopic (exact) mass is 142 g/mol. The minimum absolute atomic E-state index is 0.0995. The fraction of sp³-hybridized carbons (Fsp3) is 0.667. The van der Waals surface area contributed by atoms with E-state index in [1.54, 1.807) is 13.8 Å². The molecular formula is C6H10N2O2. The van der Waals surface area contributed by atoms with E-state index in [4.69, 9.17) is 0 Å². The van der Waals surface area contributed by atoms with Gasteiger partial charge >= 0.3 is 0 Å². The predicted octanol–water partition coefficient (Wildman–Crippen LogP) is -0.989. The van der Waals surface area contributed by atoms with Crippen molar-refractivity contribution in [3.8, 4) is 0 Å². The van der Waals surface area contributed by atoms with E-state index in [0.717, 1.165) is 0 Å². The second kappa shape index (κ2) is 1.97. The van der Waals surface area contributed by atoms with Crippen molar-refractivity contribution in [3.63, 3.8) is 0 Å². The lowest BCUT2D eigenvalue weighted by atomic mass is 10.0. The molecule has 0 unspecified atom stereocenters. The van der Waals surface area contributed by atoms with Gasteiger partial charge in [0.05, 0.1) is 6.54 Å². The van der Waals surface area contributed by atoms with Gasteiger partial charge in [-0.05, 0) is 13.8 Å². The Bertz CT molecular complexity index is 186. The lowest BCUT2D eigenvalue weighted by Crippen LogP contribution is -2.62. The van der Waals surface area contributed by atoms with Crippen molar-refractivity contribution in [2.24, 2.45) is 0 Å². The third-order valence-corrected chi connectivity index (χ3v) is 1.43. The third-order valence-electron chi connectivity index (χ3n) is 1.43. The number of piperazine rings is 1. The van der Waals surface area contributed by atoms with Gasteiger partial charge in [-0.2, -0.15) is 0 Å². The zero-order chi connectivity index (χ0) is 7.78. The number of hydrogen-bond donors (Lipinski definition) is 2. The van der Waals surface area contributed by atoms with Crippen molar-refractivity contribution < 1.29 is 9.59 Å². The molecule has 0 radical (unpaired) electrons. The molecule has 0 aliphatic carbocycles. The molecule has 1 fully saturated rings. The van der Waals surface area contributed by atoms with Gasteiger partial charge in [0, 0.05) is 0 Å². The van der Waals surface area contributed by atoms with E-state index < -0.39 is 5.54 Å². The Labute approximate surface area is 59.0 Å². The molecular weight excluding hydrogens is 132 g/mol. The molecule has 1 aliphatic rings. The summed E-state index contributed by atoms with van der Waals surface area (Å²) in [7, 11) is 0. The van der Waals surface area contributed by atoms with Crippen LogP contribution >= 0.6 is 0 Å². The average Bonchev–Trinajstić information content (AvgIpc) is 1.78. The highest BCUT2D eigenvalue weighted by molar-refractivity contribution is 5.97. The maximum absolute atomic E-state index is 10.9. The second-order valence-corrected chi connectivity index (χ2v) is 2.86. The molecule has 10 heavy (non-hydrogen) atoms. The highest BCUT2D eigenvalue weighted by Gasteiger charge is 2.33. The van der Waals surface area contributed by atoms with Gasteiger partial charge in [0.1, 0.15) is 5.54 Å². The summed E-state index contributed by atoms with van der Waals surface area (Å²) in [6, 6.07) is 0. The summed E-state index contributed by atoms with van der Waals surface area (Å²) >= 11 is 0. The van der Waals surface area contributed by atoms with Crippen LogP contribution in [-0.4, -0.2) is 23.9 Å².